The van der Waals surface area contributed by atoms with Gasteiger partial charge in [0.2, 0.25) is 11.1 Å². The number of nitrogens with one attached hydrogen (secondary N) is 1. The normalized spacial score (nSPS) is 32.6. The van der Waals surface area contributed by atoms with Gasteiger partial charge in [-0.15, -0.1) is 5.10 Å². The number of aliphatic hydroxyl groups is 1. The Balaban J connectivity index is 1.76. The monoisotopic (exact) mass is 383 g/mol. The highest BCUT2D eigenvalue weighted by atomic mass is 35.5. The molecule has 2 fully saturated rings. The number of anilines is 1. The number of aromatic nitrogens is 4. The minimum atomic E-state index is -2.11. The van der Waals surface area contributed by atoms with Crippen molar-refractivity contribution in [1.29, 1.82) is 0 Å². The maximum Gasteiger partial charge on any atom is 0.244 e. The van der Waals surface area contributed by atoms with E-state index in [1.165, 1.54) is 23.6 Å². The van der Waals surface area contributed by atoms with Crippen molar-refractivity contribution in [3.05, 3.63) is 17.2 Å². The average Bonchev–Trinajstić information content (AvgIpc) is 3.31. The minimum absolute atomic E-state index is 0.00524. The third kappa shape index (κ3) is 2.75. The van der Waals surface area contributed by atoms with Crippen molar-refractivity contribution in [2.24, 2.45) is 5.92 Å². The summed E-state index contributed by atoms with van der Waals surface area (Å²) in [6.45, 7) is 3.63. The third-order valence-corrected chi connectivity index (χ3v) is 5.71. The smallest absolute Gasteiger partial charge is 0.244 e. The second-order valence-corrected chi connectivity index (χ2v) is 7.59. The molecule has 9 heteroatoms. The summed E-state index contributed by atoms with van der Waals surface area (Å²) in [7, 11) is 0. The van der Waals surface area contributed by atoms with Crippen molar-refractivity contribution in [1.82, 2.24) is 19.6 Å². The molecule has 1 saturated heterocycles. The molecule has 2 N–H and O–H groups in total. The summed E-state index contributed by atoms with van der Waals surface area (Å²) in [4.78, 5) is 8.55. The van der Waals surface area contributed by atoms with E-state index >= 15 is 0 Å². The second kappa shape index (κ2) is 6.58. The van der Waals surface area contributed by atoms with Crippen molar-refractivity contribution >= 4 is 23.1 Å². The molecule has 2 aromatic rings. The number of nitrogens with zero attached hydrogens (tertiary/aromatic N) is 4. The second-order valence-electron chi connectivity index (χ2n) is 7.26. The van der Waals surface area contributed by atoms with Crippen LogP contribution in [0.2, 0.25) is 5.28 Å². The maximum atomic E-state index is 14.9. The number of halogens is 2. The van der Waals surface area contributed by atoms with Gasteiger partial charge < -0.3 is 15.2 Å². The first-order chi connectivity index (χ1) is 12.4. The van der Waals surface area contributed by atoms with Crippen molar-refractivity contribution in [3.8, 4) is 0 Å². The molecular formula is C17H23ClFN5O2. The minimum Gasteiger partial charge on any atom is -0.364 e. The van der Waals surface area contributed by atoms with E-state index < -0.39 is 17.9 Å². The lowest BCUT2D eigenvalue weighted by Gasteiger charge is -2.24. The number of hydrogen-bond acceptors (Lipinski definition) is 6. The molecule has 4 rings (SSSR count). The molecule has 7 nitrogen and oxygen atoms in total. The number of ether oxygens (including phenoxy) is 1. The fourth-order valence-corrected chi connectivity index (χ4v) is 4.22. The Kier molecular flexibility index (Phi) is 4.53. The number of imidazole rings is 1. The molecule has 1 aliphatic carbocycles. The molecule has 0 bridgehead atoms. The molecule has 26 heavy (non-hydrogen) atoms. The molecule has 142 valence electrons. The molecule has 4 atom stereocenters. The molecule has 1 saturated carbocycles. The lowest BCUT2D eigenvalue weighted by Crippen LogP contribution is -2.37. The summed E-state index contributed by atoms with van der Waals surface area (Å²) in [6.07, 6.45) is 4.45. The summed E-state index contributed by atoms with van der Waals surface area (Å²) in [5, 5.41) is 18.4. The lowest BCUT2D eigenvalue weighted by molar-refractivity contribution is -0.227. The van der Waals surface area contributed by atoms with Crippen LogP contribution in [0.15, 0.2) is 6.20 Å². The highest BCUT2D eigenvalue weighted by Crippen LogP contribution is 2.44. The van der Waals surface area contributed by atoms with E-state index in [0.717, 1.165) is 12.8 Å². The fourth-order valence-electron chi connectivity index (χ4n) is 4.06. The number of fused-ring (bicyclic) bond motifs is 1. The number of hydrogen-bond donors (Lipinski definition) is 2. The third-order valence-electron chi connectivity index (χ3n) is 5.55. The quantitative estimate of drug-likeness (QED) is 0.844. The first-order valence-corrected chi connectivity index (χ1v) is 9.54. The molecule has 0 amide bonds. The zero-order valence-corrected chi connectivity index (χ0v) is 15.6. The van der Waals surface area contributed by atoms with Crippen molar-refractivity contribution in [3.63, 3.8) is 0 Å². The highest BCUT2D eigenvalue weighted by Gasteiger charge is 2.55. The van der Waals surface area contributed by atoms with Crippen molar-refractivity contribution in [2.45, 2.75) is 70.1 Å². The molecule has 1 unspecified atom stereocenters. The van der Waals surface area contributed by atoms with E-state index in [4.69, 9.17) is 16.3 Å². The van der Waals surface area contributed by atoms with Gasteiger partial charge in [0, 0.05) is 12.0 Å². The Morgan fingerprint density at radius 3 is 2.85 bits per heavy atom. The molecule has 0 spiro atoms. The lowest BCUT2D eigenvalue weighted by atomic mass is 9.95. The van der Waals surface area contributed by atoms with Gasteiger partial charge in [-0.2, -0.15) is 4.98 Å². The van der Waals surface area contributed by atoms with E-state index in [-0.39, 0.29) is 17.1 Å². The Hall–Kier alpha value is -1.51. The number of alkyl halides is 1. The first-order valence-electron chi connectivity index (χ1n) is 9.16. The highest BCUT2D eigenvalue weighted by molar-refractivity contribution is 6.28. The van der Waals surface area contributed by atoms with Crippen molar-refractivity contribution in [2.75, 3.05) is 5.32 Å². The summed E-state index contributed by atoms with van der Waals surface area (Å²) < 4.78 is 21.9. The van der Waals surface area contributed by atoms with E-state index in [2.05, 4.69) is 20.4 Å². The molecule has 1 aliphatic heterocycles. The largest absolute Gasteiger partial charge is 0.364 e. The van der Waals surface area contributed by atoms with Gasteiger partial charge in [-0.1, -0.05) is 26.7 Å². The van der Waals surface area contributed by atoms with Gasteiger partial charge in [0.15, 0.2) is 17.6 Å². The van der Waals surface area contributed by atoms with Crippen LogP contribution in [0.25, 0.3) is 5.65 Å². The van der Waals surface area contributed by atoms with Crippen LogP contribution in [-0.2, 0) is 10.5 Å². The molecular weight excluding hydrogens is 361 g/mol. The summed E-state index contributed by atoms with van der Waals surface area (Å²) in [5.74, 6) is -2.06. The van der Waals surface area contributed by atoms with Gasteiger partial charge in [-0.05, 0) is 30.9 Å². The van der Waals surface area contributed by atoms with Gasteiger partial charge in [-0.3, -0.25) is 0 Å². The Labute approximate surface area is 155 Å². The maximum absolute atomic E-state index is 14.9. The molecule has 2 aromatic heterocycles. The number of rotatable bonds is 4. The average molecular weight is 384 g/mol. The van der Waals surface area contributed by atoms with Crippen LogP contribution in [0, 0.1) is 5.92 Å². The van der Waals surface area contributed by atoms with E-state index in [1.54, 1.807) is 6.92 Å². The van der Waals surface area contributed by atoms with Gasteiger partial charge in [0.1, 0.15) is 5.69 Å². The summed E-state index contributed by atoms with van der Waals surface area (Å²) in [5.41, 5.74) is 0.523. The van der Waals surface area contributed by atoms with Gasteiger partial charge in [0.05, 0.1) is 12.3 Å². The zero-order valence-electron chi connectivity index (χ0n) is 14.8. The Morgan fingerprint density at radius 1 is 1.46 bits per heavy atom. The first kappa shape index (κ1) is 17.9. The predicted molar refractivity (Wildman–Crippen MR) is 94.8 cm³/mol. The standard InChI is InChI=1S/C17H23ClFN5O2/c1-3-11-9(2)13(19)17(25,26-11)12-8-20-15-14(21-10-6-4-5-7-10)22-16(18)23-24(12)15/h8-11,13,25H,3-7H2,1-2H3,(H,21,22,23)/t9-,11-,13+,17?/m1/s1. The van der Waals surface area contributed by atoms with Crippen LogP contribution in [0.1, 0.15) is 51.6 Å². The van der Waals surface area contributed by atoms with Crippen molar-refractivity contribution < 1.29 is 14.2 Å². The molecule has 2 aliphatic rings. The summed E-state index contributed by atoms with van der Waals surface area (Å²) in [6, 6.07) is 0.300. The summed E-state index contributed by atoms with van der Waals surface area (Å²) >= 11 is 6.08. The Bertz CT molecular complexity index is 812. The van der Waals surface area contributed by atoms with E-state index in [1.807, 2.05) is 6.92 Å². The van der Waals surface area contributed by atoms with Gasteiger partial charge in [-0.25, -0.2) is 13.9 Å². The fraction of sp³-hybridized carbons (Fsp3) is 0.706. The van der Waals surface area contributed by atoms with E-state index in [9.17, 15) is 9.50 Å². The van der Waals surface area contributed by atoms with Gasteiger partial charge in [0.25, 0.3) is 0 Å². The van der Waals surface area contributed by atoms with Gasteiger partial charge >= 0.3 is 0 Å². The van der Waals surface area contributed by atoms with E-state index in [0.29, 0.717) is 23.9 Å². The topological polar surface area (TPSA) is 84.6 Å². The van der Waals surface area contributed by atoms with Crippen LogP contribution < -0.4 is 5.32 Å². The Morgan fingerprint density at radius 2 is 2.19 bits per heavy atom. The van der Waals surface area contributed by atoms with Crippen LogP contribution in [-0.4, -0.2) is 43.0 Å². The van der Waals surface area contributed by atoms with Crippen LogP contribution in [0.4, 0.5) is 10.2 Å². The van der Waals surface area contributed by atoms with Crippen LogP contribution in [0.3, 0.4) is 0 Å². The zero-order chi connectivity index (χ0) is 18.5. The van der Waals surface area contributed by atoms with Crippen LogP contribution >= 0.6 is 11.6 Å². The SMILES string of the molecule is CC[C@H]1OC(O)(c2cnc3c(NC4CCCC4)nc(Cl)nn23)[C@@H](F)[C@@H]1C. The van der Waals surface area contributed by atoms with Crippen LogP contribution in [0.5, 0.6) is 0 Å². The predicted octanol–water partition coefficient (Wildman–Crippen LogP) is 3.06. The molecule has 3 heterocycles. The molecule has 0 aromatic carbocycles. The molecule has 0 radical (unpaired) electrons.